The Labute approximate surface area is 349 Å². The second kappa shape index (κ2) is 16.5. The molecule has 1 aliphatic heterocycles. The minimum absolute atomic E-state index is 0.0515. The monoisotopic (exact) mass is 801 g/mol. The molecule has 3 aromatic rings. The third-order valence-electron chi connectivity index (χ3n) is 13.6. The number of aromatic hydroxyl groups is 1. The molecule has 0 spiro atoms. The van der Waals surface area contributed by atoms with Crippen LogP contribution in [0.3, 0.4) is 0 Å². The maximum atomic E-state index is 14.1. The molecule has 57 heavy (non-hydrogen) atoms. The molecule has 0 saturated carbocycles. The van der Waals surface area contributed by atoms with Crippen LogP contribution < -0.4 is 9.05 Å². The predicted molar refractivity (Wildman–Crippen MR) is 242 cm³/mol. The number of phenols is 1. The minimum Gasteiger partial charge on any atom is -0.507 e. The molecule has 0 fully saturated rings. The molecule has 1 aliphatic rings. The summed E-state index contributed by atoms with van der Waals surface area (Å²) in [7, 11) is -2.19. The fraction of sp³-hybridized carbons (Fsp3) is 0.627. The number of hydrogen-bond donors (Lipinski definition) is 1. The Bertz CT molecular complexity index is 1810. The van der Waals surface area contributed by atoms with Crippen molar-refractivity contribution >= 4 is 14.6 Å². The van der Waals surface area contributed by atoms with Crippen LogP contribution >= 0.6 is 8.60 Å². The quantitative estimate of drug-likeness (QED) is 0.185. The molecule has 3 aromatic carbocycles. The lowest BCUT2D eigenvalue weighted by Crippen LogP contribution is -2.25. The molecule has 6 heteroatoms. The van der Waals surface area contributed by atoms with Crippen molar-refractivity contribution < 1.29 is 23.5 Å². The van der Waals surface area contributed by atoms with E-state index in [1.807, 2.05) is 12.1 Å². The summed E-state index contributed by atoms with van der Waals surface area (Å²) in [4.78, 5) is 14.1. The summed E-state index contributed by atoms with van der Waals surface area (Å²) in [5.74, 6) is 1.45. The van der Waals surface area contributed by atoms with Gasteiger partial charge >= 0.3 is 14.6 Å². The van der Waals surface area contributed by atoms with E-state index in [2.05, 4.69) is 156 Å². The molecule has 316 valence electrons. The summed E-state index contributed by atoms with van der Waals surface area (Å²) in [5.41, 5.74) is 8.71. The number of phenolic OH excluding ortho intramolecular Hbond substituents is 1. The molecule has 0 saturated heterocycles. The Morgan fingerprint density at radius 2 is 0.965 bits per heavy atom. The van der Waals surface area contributed by atoms with Crippen LogP contribution in [0.1, 0.15) is 220 Å². The van der Waals surface area contributed by atoms with Gasteiger partial charge in [0.1, 0.15) is 17.2 Å². The number of fused-ring (bicyclic) bond motifs is 2. The highest BCUT2D eigenvalue weighted by atomic mass is 31.2. The van der Waals surface area contributed by atoms with Crippen LogP contribution in [0.25, 0.3) is 0 Å². The maximum Gasteiger partial charge on any atom is 0.532 e. The van der Waals surface area contributed by atoms with E-state index in [4.69, 9.17) is 13.6 Å². The van der Waals surface area contributed by atoms with E-state index in [-0.39, 0.29) is 50.8 Å². The zero-order valence-corrected chi connectivity index (χ0v) is 40.2. The van der Waals surface area contributed by atoms with Gasteiger partial charge in [0.15, 0.2) is 0 Å². The number of aryl methyl sites for hydroxylation is 1. The SMILES string of the molecule is CCC(C)(C)c1cc2c(c(C(C)(C)CC)c1)OP(OC(=O)CCc1cc(C(C)(C)C)c(O)c(C(C)(C)C)c1)Oc1c(cc(C(C)(C)CC)cc1C(C)(C)CC)C2C. The van der Waals surface area contributed by atoms with Gasteiger partial charge < -0.3 is 18.7 Å². The number of carbonyl (C=O) groups excluding carboxylic acids is 1. The lowest BCUT2D eigenvalue weighted by molar-refractivity contribution is -0.134. The summed E-state index contributed by atoms with van der Waals surface area (Å²) in [6, 6.07) is 13.5. The first-order valence-electron chi connectivity index (χ1n) is 21.7. The smallest absolute Gasteiger partial charge is 0.507 e. The van der Waals surface area contributed by atoms with Gasteiger partial charge in [-0.3, -0.25) is 4.79 Å². The van der Waals surface area contributed by atoms with Crippen molar-refractivity contribution in [3.05, 3.63) is 86.5 Å². The second-order valence-corrected chi connectivity index (χ2v) is 22.5. The molecule has 5 nitrogen and oxygen atoms in total. The van der Waals surface area contributed by atoms with E-state index in [1.54, 1.807) is 0 Å². The molecule has 0 atom stereocenters. The van der Waals surface area contributed by atoms with Crippen LogP contribution in [0, 0.1) is 0 Å². The van der Waals surface area contributed by atoms with Crippen molar-refractivity contribution in [1.82, 2.24) is 0 Å². The van der Waals surface area contributed by atoms with E-state index in [0.29, 0.717) is 12.2 Å². The van der Waals surface area contributed by atoms with Crippen molar-refractivity contribution in [3.8, 4) is 17.2 Å². The van der Waals surface area contributed by atoms with Crippen LogP contribution in [-0.2, 0) is 48.2 Å². The zero-order valence-electron chi connectivity index (χ0n) is 39.3. The van der Waals surface area contributed by atoms with Crippen LogP contribution in [0.4, 0.5) is 0 Å². The molecule has 0 unspecified atom stereocenters. The highest BCUT2D eigenvalue weighted by Gasteiger charge is 2.40. The molecule has 0 aromatic heterocycles. The molecular formula is C51H77O5P. The van der Waals surface area contributed by atoms with Crippen LogP contribution in [0.5, 0.6) is 17.2 Å². The van der Waals surface area contributed by atoms with Gasteiger partial charge in [0.25, 0.3) is 0 Å². The maximum absolute atomic E-state index is 14.1. The number of hydrogen-bond acceptors (Lipinski definition) is 5. The van der Waals surface area contributed by atoms with E-state index in [0.717, 1.165) is 76.1 Å². The van der Waals surface area contributed by atoms with Gasteiger partial charge in [0.05, 0.1) is 0 Å². The van der Waals surface area contributed by atoms with Gasteiger partial charge in [-0.25, -0.2) is 0 Å². The minimum atomic E-state index is -2.19. The first-order chi connectivity index (χ1) is 26.0. The van der Waals surface area contributed by atoms with E-state index in [1.165, 1.54) is 11.1 Å². The van der Waals surface area contributed by atoms with E-state index in [9.17, 15) is 9.90 Å². The molecule has 1 N–H and O–H groups in total. The summed E-state index contributed by atoms with van der Waals surface area (Å²) in [6.07, 6.45) is 4.42. The predicted octanol–water partition coefficient (Wildman–Crippen LogP) is 15.1. The number of rotatable bonds is 12. The fourth-order valence-corrected chi connectivity index (χ4v) is 8.53. The van der Waals surface area contributed by atoms with Crippen LogP contribution in [-0.4, -0.2) is 11.1 Å². The highest BCUT2D eigenvalue weighted by molar-refractivity contribution is 7.43. The van der Waals surface area contributed by atoms with Gasteiger partial charge in [-0.15, -0.1) is 0 Å². The van der Waals surface area contributed by atoms with Crippen LogP contribution in [0.15, 0.2) is 36.4 Å². The molecule has 0 amide bonds. The van der Waals surface area contributed by atoms with Crippen molar-refractivity contribution in [2.45, 2.75) is 208 Å². The Morgan fingerprint density at radius 1 is 0.596 bits per heavy atom. The molecule has 4 rings (SSSR count). The molecule has 0 aliphatic carbocycles. The van der Waals surface area contributed by atoms with Crippen molar-refractivity contribution in [2.75, 3.05) is 0 Å². The molecule has 0 radical (unpaired) electrons. The van der Waals surface area contributed by atoms with Gasteiger partial charge in [0.2, 0.25) is 0 Å². The van der Waals surface area contributed by atoms with Gasteiger partial charge in [0, 0.05) is 34.6 Å². The topological polar surface area (TPSA) is 65.0 Å². The Morgan fingerprint density at radius 3 is 1.30 bits per heavy atom. The van der Waals surface area contributed by atoms with Crippen LogP contribution in [0.2, 0.25) is 0 Å². The standard InChI is InChI=1S/C51H77O5P/c1-20-48(12,13)34-28-36-32(5)37-29-35(49(14,15)21-2)31-41(51(18,19)23-4)45(37)56-57(55-44(36)40(30-34)50(16,17)22-3)54-42(52)25-24-33-26-38(46(6,7)8)43(53)39(27-33)47(9,10)11/h26-32,53H,20-25H2,1-19H3. The number of benzene rings is 3. The fourth-order valence-electron chi connectivity index (χ4n) is 7.46. The molecule has 1 heterocycles. The summed E-state index contributed by atoms with van der Waals surface area (Å²) in [6.45, 7) is 42.3. The molecular weight excluding hydrogens is 724 g/mol. The Kier molecular flexibility index (Phi) is 13.5. The average Bonchev–Trinajstić information content (AvgIpc) is 3.12. The number of carbonyl (C=O) groups is 1. The van der Waals surface area contributed by atoms with Gasteiger partial charge in [-0.05, 0) is 92.4 Å². The summed E-state index contributed by atoms with van der Waals surface area (Å²) in [5, 5.41) is 11.3. The average molecular weight is 801 g/mol. The van der Waals surface area contributed by atoms with E-state index < -0.39 is 8.60 Å². The second-order valence-electron chi connectivity index (χ2n) is 21.5. The summed E-state index contributed by atoms with van der Waals surface area (Å²) >= 11 is 0. The van der Waals surface area contributed by atoms with Crippen molar-refractivity contribution in [3.63, 3.8) is 0 Å². The third kappa shape index (κ3) is 9.88. The van der Waals surface area contributed by atoms with E-state index >= 15 is 0 Å². The van der Waals surface area contributed by atoms with Crippen molar-refractivity contribution in [1.29, 1.82) is 0 Å². The van der Waals surface area contributed by atoms with Gasteiger partial charge in [-0.1, -0.05) is 168 Å². The lowest BCUT2D eigenvalue weighted by Gasteiger charge is -2.37. The van der Waals surface area contributed by atoms with Crippen molar-refractivity contribution in [2.24, 2.45) is 0 Å². The zero-order chi connectivity index (χ0) is 43.3. The lowest BCUT2D eigenvalue weighted by atomic mass is 9.72. The Hall–Kier alpha value is -3.04. The largest absolute Gasteiger partial charge is 0.532 e. The third-order valence-corrected chi connectivity index (χ3v) is 14.7. The Balaban J connectivity index is 1.95. The highest BCUT2D eigenvalue weighted by Crippen LogP contribution is 2.57. The van der Waals surface area contributed by atoms with Gasteiger partial charge in [-0.2, -0.15) is 0 Å². The normalized spacial score (nSPS) is 16.8. The first-order valence-corrected chi connectivity index (χ1v) is 22.8. The summed E-state index contributed by atoms with van der Waals surface area (Å²) < 4.78 is 20.5. The molecule has 0 bridgehead atoms. The first kappa shape index (κ1) is 46.6.